The molecule has 3 aliphatic rings. The molecule has 140 valence electrons. The van der Waals surface area contributed by atoms with Gasteiger partial charge in [-0.15, -0.1) is 0 Å². The minimum atomic E-state index is -0.215. The Labute approximate surface area is 167 Å². The van der Waals surface area contributed by atoms with Crippen molar-refractivity contribution < 1.29 is 14.3 Å². The summed E-state index contributed by atoms with van der Waals surface area (Å²) in [6.45, 7) is -0.0481. The van der Waals surface area contributed by atoms with Crippen LogP contribution in [-0.2, 0) is 4.79 Å². The number of ether oxygens (including phenoxy) is 1. The highest BCUT2D eigenvalue weighted by Crippen LogP contribution is 2.60. The molecule has 5 rings (SSSR count). The number of hydrogen-bond acceptors (Lipinski definition) is 3. The molecule has 2 amide bonds. The summed E-state index contributed by atoms with van der Waals surface area (Å²) in [6.07, 6.45) is 2.23. The van der Waals surface area contributed by atoms with Crippen LogP contribution in [0, 0.1) is 0 Å². The van der Waals surface area contributed by atoms with Gasteiger partial charge in [-0.05, 0) is 67.8 Å². The van der Waals surface area contributed by atoms with Gasteiger partial charge in [0.25, 0.3) is 11.8 Å². The van der Waals surface area contributed by atoms with E-state index in [1.165, 1.54) is 0 Å². The van der Waals surface area contributed by atoms with Gasteiger partial charge < -0.3 is 15.4 Å². The molecule has 0 spiro atoms. The number of hydrogen-bond donors (Lipinski definition) is 2. The van der Waals surface area contributed by atoms with Gasteiger partial charge in [0, 0.05) is 26.7 Å². The number of nitrogens with one attached hydrogen (secondary N) is 2. The molecule has 0 aliphatic heterocycles. The largest absolute Gasteiger partial charge is 0.484 e. The van der Waals surface area contributed by atoms with Crippen molar-refractivity contribution in [2.45, 2.75) is 30.3 Å². The number of halogens is 2. The fraction of sp³-hybridized carbons (Fsp3) is 0.300. The molecule has 2 bridgehead atoms. The quantitative estimate of drug-likeness (QED) is 0.772. The van der Waals surface area contributed by atoms with Crippen molar-refractivity contribution in [3.8, 4) is 5.75 Å². The van der Waals surface area contributed by atoms with E-state index in [9.17, 15) is 9.59 Å². The molecule has 2 N–H and O–H groups in total. The van der Waals surface area contributed by atoms with Crippen molar-refractivity contribution in [2.24, 2.45) is 0 Å². The van der Waals surface area contributed by atoms with Crippen molar-refractivity contribution >= 4 is 35.0 Å². The van der Waals surface area contributed by atoms with Gasteiger partial charge >= 0.3 is 0 Å². The Balaban J connectivity index is 1.23. The zero-order valence-electron chi connectivity index (χ0n) is 14.4. The average molecular weight is 405 g/mol. The predicted octanol–water partition coefficient (Wildman–Crippen LogP) is 3.59. The highest BCUT2D eigenvalue weighted by molar-refractivity contribution is 6.30. The van der Waals surface area contributed by atoms with E-state index in [-0.39, 0.29) is 29.5 Å². The van der Waals surface area contributed by atoms with Gasteiger partial charge in [-0.3, -0.25) is 9.59 Å². The Bertz CT molecular complexity index is 861. The van der Waals surface area contributed by atoms with Crippen LogP contribution in [0.1, 0.15) is 29.6 Å². The molecular weight excluding hydrogens is 387 g/mol. The third-order valence-electron chi connectivity index (χ3n) is 5.10. The molecule has 0 unspecified atom stereocenters. The second-order valence-corrected chi connectivity index (χ2v) is 8.22. The minimum absolute atomic E-state index is 0.0481. The maximum absolute atomic E-state index is 12.3. The second kappa shape index (κ2) is 6.73. The van der Waals surface area contributed by atoms with Crippen molar-refractivity contribution in [3.05, 3.63) is 64.1 Å². The first kappa shape index (κ1) is 18.1. The van der Waals surface area contributed by atoms with Crippen LogP contribution in [-0.4, -0.2) is 29.5 Å². The lowest BCUT2D eigenvalue weighted by atomic mass is 9.44. The third-order valence-corrected chi connectivity index (χ3v) is 5.61. The standard InChI is InChI=1S/C20H18Cl2N2O3/c21-14-3-1-13(2-4-14)18(26)24-20-10-19(11-20,12-20)23-17(25)9-27-16-7-5-15(22)6-8-16/h1-8H,9-12H2,(H,23,25)(H,24,26). The molecule has 27 heavy (non-hydrogen) atoms. The zero-order valence-corrected chi connectivity index (χ0v) is 15.9. The summed E-state index contributed by atoms with van der Waals surface area (Å²) in [6, 6.07) is 13.7. The summed E-state index contributed by atoms with van der Waals surface area (Å²) in [5.41, 5.74) is 0.160. The van der Waals surface area contributed by atoms with Gasteiger partial charge in [0.1, 0.15) is 5.75 Å². The van der Waals surface area contributed by atoms with Crippen LogP contribution in [0.25, 0.3) is 0 Å². The van der Waals surface area contributed by atoms with Crippen LogP contribution in [0.2, 0.25) is 10.0 Å². The summed E-state index contributed by atoms with van der Waals surface area (Å²) in [5.74, 6) is 0.318. The van der Waals surface area contributed by atoms with Gasteiger partial charge in [0.05, 0.1) is 0 Å². The Morgan fingerprint density at radius 1 is 0.852 bits per heavy atom. The maximum atomic E-state index is 12.3. The minimum Gasteiger partial charge on any atom is -0.484 e. The summed E-state index contributed by atoms with van der Waals surface area (Å²) in [7, 11) is 0. The molecule has 0 saturated heterocycles. The van der Waals surface area contributed by atoms with Crippen LogP contribution < -0.4 is 15.4 Å². The van der Waals surface area contributed by atoms with E-state index in [1.54, 1.807) is 48.5 Å². The monoisotopic (exact) mass is 404 g/mol. The topological polar surface area (TPSA) is 67.4 Å². The van der Waals surface area contributed by atoms with E-state index >= 15 is 0 Å². The lowest BCUT2D eigenvalue weighted by Crippen LogP contribution is -2.84. The first-order valence-corrected chi connectivity index (χ1v) is 9.40. The van der Waals surface area contributed by atoms with Gasteiger partial charge in [-0.25, -0.2) is 0 Å². The maximum Gasteiger partial charge on any atom is 0.258 e. The summed E-state index contributed by atoms with van der Waals surface area (Å²) < 4.78 is 5.46. The molecule has 0 aromatic heterocycles. The first-order chi connectivity index (χ1) is 12.9. The van der Waals surface area contributed by atoms with Crippen molar-refractivity contribution in [1.82, 2.24) is 10.6 Å². The molecule has 0 radical (unpaired) electrons. The molecule has 2 aromatic rings. The molecule has 2 aromatic carbocycles. The van der Waals surface area contributed by atoms with Gasteiger partial charge in [-0.1, -0.05) is 23.2 Å². The van der Waals surface area contributed by atoms with E-state index in [2.05, 4.69) is 10.6 Å². The lowest BCUT2D eigenvalue weighted by molar-refractivity contribution is -0.141. The van der Waals surface area contributed by atoms with Crippen molar-refractivity contribution in [1.29, 1.82) is 0 Å². The van der Waals surface area contributed by atoms with E-state index < -0.39 is 0 Å². The van der Waals surface area contributed by atoms with E-state index in [0.29, 0.717) is 21.4 Å². The van der Waals surface area contributed by atoms with Crippen LogP contribution in [0.5, 0.6) is 5.75 Å². The molecular formula is C20H18Cl2N2O3. The predicted molar refractivity (Wildman–Crippen MR) is 103 cm³/mol. The second-order valence-electron chi connectivity index (χ2n) is 7.34. The third kappa shape index (κ3) is 3.75. The van der Waals surface area contributed by atoms with Crippen LogP contribution in [0.3, 0.4) is 0 Å². The summed E-state index contributed by atoms with van der Waals surface area (Å²) in [5, 5.41) is 7.32. The molecule has 0 heterocycles. The molecule has 3 saturated carbocycles. The van der Waals surface area contributed by atoms with E-state index in [4.69, 9.17) is 27.9 Å². The molecule has 0 atom stereocenters. The number of amides is 2. The highest BCUT2D eigenvalue weighted by Gasteiger charge is 2.69. The molecule has 7 heteroatoms. The van der Waals surface area contributed by atoms with Crippen molar-refractivity contribution in [2.75, 3.05) is 6.61 Å². The van der Waals surface area contributed by atoms with Gasteiger partial charge in [0.2, 0.25) is 0 Å². The first-order valence-electron chi connectivity index (χ1n) is 8.65. The lowest BCUT2D eigenvalue weighted by Gasteiger charge is -2.70. The SMILES string of the molecule is O=C(COc1ccc(Cl)cc1)NC12CC(NC(=O)c3ccc(Cl)cc3)(C1)C2. The Hall–Kier alpha value is -2.24. The fourth-order valence-corrected chi connectivity index (χ4v) is 4.23. The molecule has 5 nitrogen and oxygen atoms in total. The smallest absolute Gasteiger partial charge is 0.258 e. The van der Waals surface area contributed by atoms with Crippen LogP contribution in [0.4, 0.5) is 0 Å². The molecule has 3 aliphatic carbocycles. The van der Waals surface area contributed by atoms with Crippen LogP contribution in [0.15, 0.2) is 48.5 Å². The Kier molecular flexibility index (Phi) is 4.52. The number of rotatable bonds is 6. The Morgan fingerprint density at radius 3 is 1.96 bits per heavy atom. The fourth-order valence-electron chi connectivity index (χ4n) is 3.98. The van der Waals surface area contributed by atoms with E-state index in [0.717, 1.165) is 19.3 Å². The van der Waals surface area contributed by atoms with E-state index in [1.807, 2.05) is 0 Å². The number of carbonyl (C=O) groups excluding carboxylic acids is 2. The number of carbonyl (C=O) groups is 2. The molecule has 3 fully saturated rings. The highest BCUT2D eigenvalue weighted by atomic mass is 35.5. The zero-order chi connectivity index (χ0) is 19.1. The normalized spacial score (nSPS) is 25.0. The Morgan fingerprint density at radius 2 is 1.37 bits per heavy atom. The van der Waals surface area contributed by atoms with Crippen LogP contribution >= 0.6 is 23.2 Å². The summed E-state index contributed by atoms with van der Waals surface area (Å²) in [4.78, 5) is 24.5. The summed E-state index contributed by atoms with van der Waals surface area (Å²) >= 11 is 11.7. The van der Waals surface area contributed by atoms with Crippen molar-refractivity contribution in [3.63, 3.8) is 0 Å². The average Bonchev–Trinajstić information content (AvgIpc) is 2.59. The van der Waals surface area contributed by atoms with Gasteiger partial charge in [0.15, 0.2) is 6.61 Å². The van der Waals surface area contributed by atoms with Gasteiger partial charge in [-0.2, -0.15) is 0 Å². The number of benzene rings is 2.